The Morgan fingerprint density at radius 2 is 1.66 bits per heavy atom. The van der Waals surface area contributed by atoms with Gasteiger partial charge in [-0.05, 0) is 42.0 Å². The molecule has 0 bridgehead atoms. The second-order valence-corrected chi connectivity index (χ2v) is 10.1. The number of anilines is 2. The van der Waals surface area contributed by atoms with Crippen molar-refractivity contribution in [1.29, 1.82) is 0 Å². The number of rotatable bonds is 10. The van der Waals surface area contributed by atoms with Gasteiger partial charge in [-0.2, -0.15) is 0 Å². The number of nitrogens with zero attached hydrogens (tertiary/aromatic N) is 3. The van der Waals surface area contributed by atoms with Crippen LogP contribution in [-0.2, 0) is 14.8 Å². The number of methoxy groups -OCH3 is 1. The molecule has 1 aliphatic rings. The number of hydrogen-bond acceptors (Lipinski definition) is 6. The molecule has 176 valence electrons. The summed E-state index contributed by atoms with van der Waals surface area (Å²) in [6.45, 7) is 3.58. The summed E-state index contributed by atoms with van der Waals surface area (Å²) in [5, 5.41) is 0. The second-order valence-electron chi connectivity index (χ2n) is 8.16. The summed E-state index contributed by atoms with van der Waals surface area (Å²) in [4.78, 5) is 6.57. The van der Waals surface area contributed by atoms with Gasteiger partial charge >= 0.3 is 0 Å². The summed E-state index contributed by atoms with van der Waals surface area (Å²) < 4.78 is 45.7. The zero-order valence-electron chi connectivity index (χ0n) is 19.0. The van der Waals surface area contributed by atoms with Crippen molar-refractivity contribution in [3.63, 3.8) is 0 Å². The van der Waals surface area contributed by atoms with Crippen LogP contribution in [0.1, 0.15) is 11.6 Å². The van der Waals surface area contributed by atoms with Gasteiger partial charge in [0, 0.05) is 71.3 Å². The fourth-order valence-electron chi connectivity index (χ4n) is 3.87. The summed E-state index contributed by atoms with van der Waals surface area (Å²) >= 11 is 0. The van der Waals surface area contributed by atoms with Crippen LogP contribution in [0.15, 0.2) is 48.5 Å². The van der Waals surface area contributed by atoms with E-state index in [4.69, 9.17) is 4.74 Å². The van der Waals surface area contributed by atoms with Gasteiger partial charge in [0.05, 0.1) is 12.4 Å². The number of piperazine rings is 1. The van der Waals surface area contributed by atoms with E-state index in [2.05, 4.69) is 38.8 Å². The quantitative estimate of drug-likeness (QED) is 0.582. The molecule has 0 spiro atoms. The Labute approximate surface area is 190 Å². The van der Waals surface area contributed by atoms with E-state index < -0.39 is 10.0 Å². The highest BCUT2D eigenvalue weighted by molar-refractivity contribution is 7.89. The zero-order chi connectivity index (χ0) is 23.1. The molecule has 3 rings (SSSR count). The Kier molecular flexibility index (Phi) is 8.47. The first kappa shape index (κ1) is 24.4. The van der Waals surface area contributed by atoms with Crippen LogP contribution < -0.4 is 14.5 Å². The summed E-state index contributed by atoms with van der Waals surface area (Å²) in [5.74, 6) is -0.303. The minimum Gasteiger partial charge on any atom is -0.384 e. The van der Waals surface area contributed by atoms with E-state index >= 15 is 0 Å². The van der Waals surface area contributed by atoms with E-state index in [1.165, 1.54) is 19.2 Å². The Hall–Kier alpha value is -2.20. The Morgan fingerprint density at radius 1 is 1.03 bits per heavy atom. The minimum atomic E-state index is -3.42. The van der Waals surface area contributed by atoms with Gasteiger partial charge < -0.3 is 14.5 Å². The van der Waals surface area contributed by atoms with Crippen molar-refractivity contribution in [2.75, 3.05) is 76.1 Å². The molecule has 1 saturated heterocycles. The van der Waals surface area contributed by atoms with Gasteiger partial charge in [-0.25, -0.2) is 17.5 Å². The summed E-state index contributed by atoms with van der Waals surface area (Å²) in [7, 11) is 2.05. The van der Waals surface area contributed by atoms with Gasteiger partial charge in [0.15, 0.2) is 0 Å². The fourth-order valence-corrected chi connectivity index (χ4v) is 4.81. The van der Waals surface area contributed by atoms with Crippen LogP contribution in [0, 0.1) is 5.82 Å². The van der Waals surface area contributed by atoms with Crippen molar-refractivity contribution < 1.29 is 17.5 Å². The van der Waals surface area contributed by atoms with Gasteiger partial charge in [0.1, 0.15) is 5.82 Å². The molecule has 2 aromatic rings. The molecule has 32 heavy (non-hydrogen) atoms. The lowest BCUT2D eigenvalue weighted by Gasteiger charge is -2.40. The number of nitrogens with one attached hydrogen (secondary N) is 1. The smallest absolute Gasteiger partial charge is 0.213 e. The predicted octanol–water partition coefficient (Wildman–Crippen LogP) is 2.32. The average Bonchev–Trinajstić information content (AvgIpc) is 2.79. The largest absolute Gasteiger partial charge is 0.384 e. The molecular formula is C23H33FN4O3S. The lowest BCUT2D eigenvalue weighted by atomic mass is 10.0. The van der Waals surface area contributed by atoms with Crippen LogP contribution in [0.2, 0.25) is 0 Å². The number of hydrogen-bond donors (Lipinski definition) is 1. The van der Waals surface area contributed by atoms with Crippen molar-refractivity contribution in [3.05, 3.63) is 59.9 Å². The molecule has 0 aromatic heterocycles. The first-order valence-electron chi connectivity index (χ1n) is 10.8. The fraction of sp³-hybridized carbons (Fsp3) is 0.478. The third-order valence-electron chi connectivity index (χ3n) is 5.79. The van der Waals surface area contributed by atoms with E-state index in [0.717, 1.165) is 43.1 Å². The summed E-state index contributed by atoms with van der Waals surface area (Å²) in [6, 6.07) is 14.7. The van der Waals surface area contributed by atoms with E-state index in [1.807, 2.05) is 19.0 Å². The summed E-state index contributed by atoms with van der Waals surface area (Å²) in [5.41, 5.74) is 3.16. The molecule has 0 aliphatic carbocycles. The molecule has 2 aromatic carbocycles. The molecule has 0 saturated carbocycles. The molecule has 0 amide bonds. The molecule has 1 fully saturated rings. The molecule has 9 heteroatoms. The van der Waals surface area contributed by atoms with Crippen LogP contribution in [0.25, 0.3) is 0 Å². The first-order chi connectivity index (χ1) is 15.3. The number of halogens is 1. The molecule has 1 unspecified atom stereocenters. The zero-order valence-corrected chi connectivity index (χ0v) is 19.8. The van der Waals surface area contributed by atoms with Gasteiger partial charge in [0.2, 0.25) is 10.0 Å². The molecular weight excluding hydrogens is 431 g/mol. The summed E-state index contributed by atoms with van der Waals surface area (Å²) in [6.07, 6.45) is 0. The van der Waals surface area contributed by atoms with Crippen LogP contribution in [0.5, 0.6) is 0 Å². The molecule has 0 radical (unpaired) electrons. The van der Waals surface area contributed by atoms with Gasteiger partial charge in [0.25, 0.3) is 0 Å². The van der Waals surface area contributed by atoms with E-state index in [0.29, 0.717) is 6.54 Å². The van der Waals surface area contributed by atoms with Crippen LogP contribution in [0.3, 0.4) is 0 Å². The van der Waals surface area contributed by atoms with Crippen molar-refractivity contribution in [3.8, 4) is 0 Å². The lowest BCUT2D eigenvalue weighted by molar-refractivity contribution is 0.186. The van der Waals surface area contributed by atoms with Crippen molar-refractivity contribution in [1.82, 2.24) is 9.62 Å². The maximum absolute atomic E-state index is 13.3. The van der Waals surface area contributed by atoms with E-state index in [1.54, 1.807) is 12.1 Å². The number of benzene rings is 2. The van der Waals surface area contributed by atoms with E-state index in [-0.39, 0.29) is 24.2 Å². The monoisotopic (exact) mass is 464 g/mol. The van der Waals surface area contributed by atoms with Gasteiger partial charge in [-0.1, -0.05) is 12.1 Å². The van der Waals surface area contributed by atoms with Gasteiger partial charge in [-0.15, -0.1) is 0 Å². The van der Waals surface area contributed by atoms with Crippen LogP contribution >= 0.6 is 0 Å². The van der Waals surface area contributed by atoms with Crippen molar-refractivity contribution in [2.45, 2.75) is 6.04 Å². The van der Waals surface area contributed by atoms with Crippen LogP contribution in [-0.4, -0.2) is 79.6 Å². The van der Waals surface area contributed by atoms with Crippen LogP contribution in [0.4, 0.5) is 15.8 Å². The Bertz CT molecular complexity index is 944. The molecule has 1 aliphatic heterocycles. The lowest BCUT2D eigenvalue weighted by Crippen LogP contribution is -2.50. The SMILES string of the molecule is COCCS(=O)(=O)NCC(c1ccc(N(C)C)cc1)N1CCN(c2ccc(F)cc2)CC1. The Morgan fingerprint density at radius 3 is 2.22 bits per heavy atom. The highest BCUT2D eigenvalue weighted by Crippen LogP contribution is 2.26. The third kappa shape index (κ3) is 6.65. The average molecular weight is 465 g/mol. The number of sulfonamides is 1. The standard InChI is InChI=1S/C23H33FN4O3S/c1-26(2)21-8-4-19(5-9-21)23(18-25-32(29,30)17-16-31-3)28-14-12-27(13-15-28)22-10-6-20(24)7-11-22/h4-11,23,25H,12-18H2,1-3H3. The minimum absolute atomic E-state index is 0.0614. The van der Waals surface area contributed by atoms with Crippen molar-refractivity contribution >= 4 is 21.4 Å². The molecule has 1 N–H and O–H groups in total. The third-order valence-corrected chi connectivity index (χ3v) is 7.10. The Balaban J connectivity index is 1.72. The number of ether oxygens (including phenoxy) is 1. The highest BCUT2D eigenvalue weighted by atomic mass is 32.2. The normalized spacial score (nSPS) is 16.2. The predicted molar refractivity (Wildman–Crippen MR) is 127 cm³/mol. The maximum Gasteiger partial charge on any atom is 0.213 e. The molecule has 7 nitrogen and oxygen atoms in total. The van der Waals surface area contributed by atoms with E-state index in [9.17, 15) is 12.8 Å². The topological polar surface area (TPSA) is 65.1 Å². The molecule has 1 atom stereocenters. The van der Waals surface area contributed by atoms with Crippen molar-refractivity contribution in [2.24, 2.45) is 0 Å². The second kappa shape index (κ2) is 11.1. The maximum atomic E-state index is 13.3. The first-order valence-corrected chi connectivity index (χ1v) is 12.4. The van der Waals surface area contributed by atoms with Gasteiger partial charge in [-0.3, -0.25) is 4.90 Å². The highest BCUT2D eigenvalue weighted by Gasteiger charge is 2.26. The molecule has 1 heterocycles.